The molecule has 0 saturated carbocycles. The molecule has 4 nitrogen and oxygen atoms in total. The van der Waals surface area contributed by atoms with Crippen LogP contribution in [0.3, 0.4) is 0 Å². The van der Waals surface area contributed by atoms with Crippen LogP contribution in [0.5, 0.6) is 0 Å². The van der Waals surface area contributed by atoms with Gasteiger partial charge in [-0.25, -0.2) is 0 Å². The molecule has 4 heteroatoms. The van der Waals surface area contributed by atoms with Gasteiger partial charge in [-0.2, -0.15) is 0 Å². The van der Waals surface area contributed by atoms with E-state index in [0.717, 1.165) is 45.3 Å². The number of rotatable bonds is 6. The van der Waals surface area contributed by atoms with E-state index >= 15 is 0 Å². The normalized spacial score (nSPS) is 10.2. The van der Waals surface area contributed by atoms with Crippen LogP contribution in [0.2, 0.25) is 0 Å². The van der Waals surface area contributed by atoms with Gasteiger partial charge in [-0.3, -0.25) is 0 Å². The Morgan fingerprint density at radius 2 is 0.525 bits per heavy atom. The zero-order valence-corrected chi connectivity index (χ0v) is 22.2. The third-order valence-corrected chi connectivity index (χ3v) is 6.38. The van der Waals surface area contributed by atoms with E-state index in [-0.39, 0.29) is 0 Å². The van der Waals surface area contributed by atoms with Crippen LogP contribution in [-0.4, -0.2) is 0 Å². The zero-order valence-electron chi connectivity index (χ0n) is 22.2. The Bertz CT molecular complexity index is 1470. The Balaban J connectivity index is 0.000000194. The molecule has 6 aromatic carbocycles. The summed E-state index contributed by atoms with van der Waals surface area (Å²) in [6.07, 6.45) is 0. The summed E-state index contributed by atoms with van der Waals surface area (Å²) in [7, 11) is 0. The van der Waals surface area contributed by atoms with E-state index in [1.165, 1.54) is 11.1 Å². The molecular formula is C36H32N4. The van der Waals surface area contributed by atoms with Gasteiger partial charge in [-0.15, -0.1) is 0 Å². The maximum Gasteiger partial charge on any atom is 0.0384 e. The molecule has 0 aliphatic heterocycles. The average molecular weight is 521 g/mol. The fourth-order valence-corrected chi connectivity index (χ4v) is 4.22. The van der Waals surface area contributed by atoms with E-state index < -0.39 is 0 Å². The quantitative estimate of drug-likeness (QED) is 0.165. The van der Waals surface area contributed by atoms with Crippen molar-refractivity contribution in [1.82, 2.24) is 0 Å². The van der Waals surface area contributed by atoms with Crippen molar-refractivity contribution < 1.29 is 0 Å². The van der Waals surface area contributed by atoms with Crippen LogP contribution in [-0.2, 0) is 0 Å². The standard InChI is InChI=1S/C24H20N2.C12H12N2/c1-3-7-21(8-4-1)25-23-15-11-19(12-16-23)20-13-17-24(18-14-20)26-22-9-5-2-6-10-22;13-11-5-1-9(2-6-11)10-3-7-12(14)8-4-10/h1-18,25-26H;1-8H,13-14H2. The lowest BCUT2D eigenvalue weighted by Crippen LogP contribution is -1.90. The molecule has 0 spiro atoms. The highest BCUT2D eigenvalue weighted by molar-refractivity contribution is 5.71. The van der Waals surface area contributed by atoms with Gasteiger partial charge in [-0.1, -0.05) is 84.9 Å². The van der Waals surface area contributed by atoms with E-state index in [0.29, 0.717) is 0 Å². The van der Waals surface area contributed by atoms with Crippen LogP contribution in [0.1, 0.15) is 0 Å². The highest BCUT2D eigenvalue weighted by Crippen LogP contribution is 2.26. The molecule has 6 rings (SSSR count). The van der Waals surface area contributed by atoms with Crippen molar-refractivity contribution in [1.29, 1.82) is 0 Å². The number of nitrogen functional groups attached to an aromatic ring is 2. The van der Waals surface area contributed by atoms with Gasteiger partial charge in [0.2, 0.25) is 0 Å². The lowest BCUT2D eigenvalue weighted by molar-refractivity contribution is 1.53. The van der Waals surface area contributed by atoms with Crippen LogP contribution in [0, 0.1) is 0 Å². The van der Waals surface area contributed by atoms with Gasteiger partial charge < -0.3 is 22.1 Å². The van der Waals surface area contributed by atoms with E-state index in [9.17, 15) is 0 Å². The smallest absolute Gasteiger partial charge is 0.0384 e. The number of hydrogen-bond donors (Lipinski definition) is 4. The number of para-hydroxylation sites is 2. The molecule has 0 aliphatic rings. The van der Waals surface area contributed by atoms with E-state index in [1.54, 1.807) is 0 Å². The second-order valence-electron chi connectivity index (χ2n) is 9.38. The predicted molar refractivity (Wildman–Crippen MR) is 172 cm³/mol. The summed E-state index contributed by atoms with van der Waals surface area (Å²) in [4.78, 5) is 0. The first-order valence-corrected chi connectivity index (χ1v) is 13.2. The van der Waals surface area contributed by atoms with Crippen LogP contribution < -0.4 is 22.1 Å². The summed E-state index contributed by atoms with van der Waals surface area (Å²) in [5.74, 6) is 0. The Labute approximate surface area is 236 Å². The van der Waals surface area contributed by atoms with Gasteiger partial charge in [0.25, 0.3) is 0 Å². The van der Waals surface area contributed by atoms with E-state index in [4.69, 9.17) is 11.5 Å². The SMILES string of the molecule is Nc1ccc(-c2ccc(N)cc2)cc1.c1ccc(Nc2ccc(-c3ccc(Nc4ccccc4)cc3)cc2)cc1. The molecule has 0 radical (unpaired) electrons. The molecule has 0 atom stereocenters. The minimum absolute atomic E-state index is 0.782. The number of nitrogens with one attached hydrogen (secondary N) is 2. The predicted octanol–water partition coefficient (Wildman–Crippen LogP) is 9.36. The van der Waals surface area contributed by atoms with Crippen molar-refractivity contribution >= 4 is 34.1 Å². The highest BCUT2D eigenvalue weighted by atomic mass is 14.9. The second kappa shape index (κ2) is 12.9. The second-order valence-corrected chi connectivity index (χ2v) is 9.38. The first kappa shape index (κ1) is 26.1. The molecule has 0 amide bonds. The molecule has 6 N–H and O–H groups in total. The summed E-state index contributed by atoms with van der Waals surface area (Å²) in [6.45, 7) is 0. The largest absolute Gasteiger partial charge is 0.399 e. The molecule has 40 heavy (non-hydrogen) atoms. The number of hydrogen-bond acceptors (Lipinski definition) is 4. The molecule has 0 unspecified atom stereocenters. The summed E-state index contributed by atoms with van der Waals surface area (Å²) in [5.41, 5.74) is 21.9. The van der Waals surface area contributed by atoms with Gasteiger partial charge in [0.1, 0.15) is 0 Å². The summed E-state index contributed by atoms with van der Waals surface area (Å²) >= 11 is 0. The Morgan fingerprint density at radius 1 is 0.275 bits per heavy atom. The molecule has 0 aliphatic carbocycles. The van der Waals surface area contributed by atoms with Crippen LogP contribution in [0.15, 0.2) is 158 Å². The van der Waals surface area contributed by atoms with Crippen molar-refractivity contribution in [2.24, 2.45) is 0 Å². The third-order valence-electron chi connectivity index (χ3n) is 6.38. The average Bonchev–Trinajstić information content (AvgIpc) is 3.00. The first-order valence-electron chi connectivity index (χ1n) is 13.2. The Hall–Kier alpha value is -5.48. The van der Waals surface area contributed by atoms with Crippen molar-refractivity contribution in [3.63, 3.8) is 0 Å². The topological polar surface area (TPSA) is 76.1 Å². The molecule has 0 fully saturated rings. The van der Waals surface area contributed by atoms with Crippen molar-refractivity contribution in [3.8, 4) is 22.3 Å². The highest BCUT2D eigenvalue weighted by Gasteiger charge is 2.01. The van der Waals surface area contributed by atoms with Gasteiger partial charge in [-0.05, 0) is 95.1 Å². The van der Waals surface area contributed by atoms with Gasteiger partial charge in [0, 0.05) is 34.1 Å². The summed E-state index contributed by atoms with van der Waals surface area (Å²) < 4.78 is 0. The first-order chi connectivity index (χ1) is 19.6. The van der Waals surface area contributed by atoms with E-state index in [1.807, 2.05) is 84.9 Å². The lowest BCUT2D eigenvalue weighted by atomic mass is 10.0. The van der Waals surface area contributed by atoms with Crippen molar-refractivity contribution in [2.75, 3.05) is 22.1 Å². The molecule has 0 bridgehead atoms. The number of benzene rings is 6. The van der Waals surface area contributed by atoms with Gasteiger partial charge in [0.15, 0.2) is 0 Å². The van der Waals surface area contributed by atoms with Gasteiger partial charge >= 0.3 is 0 Å². The fraction of sp³-hybridized carbons (Fsp3) is 0. The number of nitrogens with two attached hydrogens (primary N) is 2. The minimum Gasteiger partial charge on any atom is -0.399 e. The molecule has 6 aromatic rings. The van der Waals surface area contributed by atoms with Crippen molar-refractivity contribution in [2.45, 2.75) is 0 Å². The Morgan fingerprint density at radius 3 is 0.825 bits per heavy atom. The van der Waals surface area contributed by atoms with Crippen molar-refractivity contribution in [3.05, 3.63) is 158 Å². The zero-order chi connectivity index (χ0) is 27.6. The van der Waals surface area contributed by atoms with Crippen LogP contribution in [0.25, 0.3) is 22.3 Å². The molecule has 196 valence electrons. The van der Waals surface area contributed by atoms with Crippen LogP contribution >= 0.6 is 0 Å². The van der Waals surface area contributed by atoms with Crippen LogP contribution in [0.4, 0.5) is 34.1 Å². The molecule has 0 heterocycles. The summed E-state index contributed by atoms with van der Waals surface area (Å²) in [6, 6.07) is 53.0. The summed E-state index contributed by atoms with van der Waals surface area (Å²) in [5, 5.41) is 6.82. The Kier molecular flexibility index (Phi) is 8.40. The third kappa shape index (κ3) is 7.30. The lowest BCUT2D eigenvalue weighted by Gasteiger charge is -2.09. The maximum absolute atomic E-state index is 5.61. The molecular weight excluding hydrogens is 488 g/mol. The van der Waals surface area contributed by atoms with E-state index in [2.05, 4.69) is 83.4 Å². The molecule has 0 saturated heterocycles. The minimum atomic E-state index is 0.782. The number of anilines is 6. The monoisotopic (exact) mass is 520 g/mol. The molecule has 0 aromatic heterocycles. The fourth-order valence-electron chi connectivity index (χ4n) is 4.22. The maximum atomic E-state index is 5.61. The van der Waals surface area contributed by atoms with Gasteiger partial charge in [0.05, 0.1) is 0 Å².